The summed E-state index contributed by atoms with van der Waals surface area (Å²) in [7, 11) is 1.76. The Morgan fingerprint density at radius 3 is 2.52 bits per heavy atom. The number of amides is 1. The summed E-state index contributed by atoms with van der Waals surface area (Å²) in [6.07, 6.45) is -0.494. The quantitative estimate of drug-likeness (QED) is 0.788. The third-order valence-corrected chi connectivity index (χ3v) is 3.53. The third kappa shape index (κ3) is 3.97. The van der Waals surface area contributed by atoms with E-state index in [1.54, 1.807) is 23.7 Å². The van der Waals surface area contributed by atoms with Crippen molar-refractivity contribution in [2.24, 2.45) is 7.05 Å². The summed E-state index contributed by atoms with van der Waals surface area (Å²) in [4.78, 5) is 24.5. The molecule has 6 nitrogen and oxygen atoms in total. The number of rotatable bonds is 7. The predicted octanol–water partition coefficient (Wildman–Crippen LogP) is 1.67. The Kier molecular flexibility index (Phi) is 5.90. The van der Waals surface area contributed by atoms with E-state index in [2.05, 4.69) is 5.32 Å². The highest BCUT2D eigenvalue weighted by atomic mass is 16.7. The maximum absolute atomic E-state index is 12.4. The van der Waals surface area contributed by atoms with Gasteiger partial charge < -0.3 is 19.4 Å². The van der Waals surface area contributed by atoms with E-state index in [1.807, 2.05) is 26.0 Å². The number of para-hydroxylation sites is 1. The number of hydrogen-bond acceptors (Lipinski definition) is 4. The Bertz CT molecular complexity index is 733. The first-order valence-electron chi connectivity index (χ1n) is 7.68. The van der Waals surface area contributed by atoms with Crippen molar-refractivity contribution in [1.82, 2.24) is 9.88 Å². The average molecular weight is 318 g/mol. The first-order valence-corrected chi connectivity index (χ1v) is 7.68. The van der Waals surface area contributed by atoms with Gasteiger partial charge in [-0.1, -0.05) is 12.1 Å². The molecule has 2 aromatic rings. The normalized spacial score (nSPS) is 11.1. The Morgan fingerprint density at radius 1 is 1.22 bits per heavy atom. The van der Waals surface area contributed by atoms with E-state index >= 15 is 0 Å². The summed E-state index contributed by atoms with van der Waals surface area (Å²) in [5, 5.41) is 3.34. The average Bonchev–Trinajstić information content (AvgIpc) is 2.56. The molecule has 0 radical (unpaired) electrons. The van der Waals surface area contributed by atoms with Gasteiger partial charge in [-0.3, -0.25) is 9.59 Å². The summed E-state index contributed by atoms with van der Waals surface area (Å²) >= 11 is 0. The largest absolute Gasteiger partial charge is 0.351 e. The molecule has 1 N–H and O–H groups in total. The molecule has 0 saturated heterocycles. The molecular weight excluding hydrogens is 296 g/mol. The number of nitrogens with one attached hydrogen (secondary N) is 1. The molecule has 0 spiro atoms. The van der Waals surface area contributed by atoms with Gasteiger partial charge in [0.05, 0.1) is 12.1 Å². The van der Waals surface area contributed by atoms with Crippen LogP contribution in [0.4, 0.5) is 0 Å². The Balaban J connectivity index is 2.21. The Hall–Kier alpha value is -2.18. The van der Waals surface area contributed by atoms with Crippen LogP contribution in [0.15, 0.2) is 35.1 Å². The predicted molar refractivity (Wildman–Crippen MR) is 88.6 cm³/mol. The second kappa shape index (κ2) is 7.89. The fourth-order valence-corrected chi connectivity index (χ4v) is 2.43. The van der Waals surface area contributed by atoms with E-state index in [9.17, 15) is 9.59 Å². The van der Waals surface area contributed by atoms with Crippen molar-refractivity contribution in [3.05, 3.63) is 46.2 Å². The van der Waals surface area contributed by atoms with E-state index in [0.29, 0.717) is 24.3 Å². The molecule has 0 aliphatic rings. The van der Waals surface area contributed by atoms with Crippen molar-refractivity contribution in [2.45, 2.75) is 20.1 Å². The van der Waals surface area contributed by atoms with Gasteiger partial charge in [0.2, 0.25) is 0 Å². The zero-order chi connectivity index (χ0) is 16.8. The Morgan fingerprint density at radius 2 is 1.87 bits per heavy atom. The van der Waals surface area contributed by atoms with Gasteiger partial charge in [0.25, 0.3) is 5.91 Å². The van der Waals surface area contributed by atoms with Gasteiger partial charge in [0, 0.05) is 31.7 Å². The first kappa shape index (κ1) is 17.2. The van der Waals surface area contributed by atoms with Crippen molar-refractivity contribution in [1.29, 1.82) is 0 Å². The number of hydrogen-bond donors (Lipinski definition) is 1. The second-order valence-corrected chi connectivity index (χ2v) is 5.02. The van der Waals surface area contributed by atoms with Gasteiger partial charge in [-0.2, -0.15) is 0 Å². The van der Waals surface area contributed by atoms with Crippen molar-refractivity contribution >= 4 is 16.8 Å². The number of benzene rings is 1. The fraction of sp³-hybridized carbons (Fsp3) is 0.412. The van der Waals surface area contributed by atoms with Gasteiger partial charge in [0.1, 0.15) is 5.69 Å². The number of fused-ring (bicyclic) bond motifs is 1. The van der Waals surface area contributed by atoms with Crippen LogP contribution < -0.4 is 10.7 Å². The molecule has 0 fully saturated rings. The summed E-state index contributed by atoms with van der Waals surface area (Å²) in [5.41, 5.74) is 0.853. The molecule has 1 amide bonds. The fourth-order valence-electron chi connectivity index (χ4n) is 2.43. The maximum Gasteiger partial charge on any atom is 0.268 e. The molecule has 0 unspecified atom stereocenters. The monoisotopic (exact) mass is 318 g/mol. The molecule has 6 heteroatoms. The van der Waals surface area contributed by atoms with Crippen molar-refractivity contribution in [3.8, 4) is 0 Å². The number of nitrogens with zero attached hydrogens (tertiary/aromatic N) is 1. The SMILES string of the molecule is CCOC(CNC(=O)c1cc(=O)c2ccccc2n1C)OCC. The van der Waals surface area contributed by atoms with Gasteiger partial charge >= 0.3 is 0 Å². The maximum atomic E-state index is 12.4. The number of aryl methyl sites for hydroxylation is 1. The van der Waals surface area contributed by atoms with E-state index in [-0.39, 0.29) is 17.9 Å². The minimum absolute atomic E-state index is 0.171. The van der Waals surface area contributed by atoms with Crippen LogP contribution in [0.3, 0.4) is 0 Å². The zero-order valence-corrected chi connectivity index (χ0v) is 13.7. The van der Waals surface area contributed by atoms with Gasteiger partial charge in [-0.05, 0) is 26.0 Å². The van der Waals surface area contributed by atoms with Crippen LogP contribution >= 0.6 is 0 Å². The molecule has 1 heterocycles. The number of carbonyl (C=O) groups excluding carboxylic acids is 1. The van der Waals surface area contributed by atoms with E-state index in [1.165, 1.54) is 6.07 Å². The molecule has 124 valence electrons. The molecular formula is C17H22N2O4. The van der Waals surface area contributed by atoms with E-state index < -0.39 is 6.29 Å². The number of aromatic nitrogens is 1. The lowest BCUT2D eigenvalue weighted by molar-refractivity contribution is -0.131. The van der Waals surface area contributed by atoms with Gasteiger partial charge in [-0.25, -0.2) is 0 Å². The molecule has 1 aromatic carbocycles. The lowest BCUT2D eigenvalue weighted by Crippen LogP contribution is -2.37. The molecule has 0 saturated carbocycles. The van der Waals surface area contributed by atoms with Gasteiger partial charge in [0.15, 0.2) is 11.7 Å². The standard InChI is InChI=1S/C17H22N2O4/c1-4-22-16(23-5-2)11-18-17(21)14-10-15(20)12-8-6-7-9-13(12)19(14)3/h6-10,16H,4-5,11H2,1-3H3,(H,18,21). The molecule has 0 aliphatic carbocycles. The van der Waals surface area contributed by atoms with Gasteiger partial charge in [-0.15, -0.1) is 0 Å². The minimum Gasteiger partial charge on any atom is -0.351 e. The van der Waals surface area contributed by atoms with E-state index in [0.717, 1.165) is 5.52 Å². The summed E-state index contributed by atoms with van der Waals surface area (Å²) in [6.45, 7) is 4.94. The molecule has 0 bridgehead atoms. The molecule has 0 aliphatic heterocycles. The van der Waals surface area contributed by atoms with Crippen molar-refractivity contribution < 1.29 is 14.3 Å². The summed E-state index contributed by atoms with van der Waals surface area (Å²) in [5.74, 6) is -0.334. The molecule has 1 aromatic heterocycles. The smallest absolute Gasteiger partial charge is 0.268 e. The number of pyridine rings is 1. The lowest BCUT2D eigenvalue weighted by Gasteiger charge is -2.18. The van der Waals surface area contributed by atoms with Crippen LogP contribution in [0.2, 0.25) is 0 Å². The summed E-state index contributed by atoms with van der Waals surface area (Å²) in [6, 6.07) is 8.56. The molecule has 23 heavy (non-hydrogen) atoms. The van der Waals surface area contributed by atoms with Crippen molar-refractivity contribution in [3.63, 3.8) is 0 Å². The lowest BCUT2D eigenvalue weighted by atomic mass is 10.1. The molecule has 2 rings (SSSR count). The zero-order valence-electron chi connectivity index (χ0n) is 13.7. The van der Waals surface area contributed by atoms with Crippen LogP contribution in [0, 0.1) is 0 Å². The second-order valence-electron chi connectivity index (χ2n) is 5.02. The van der Waals surface area contributed by atoms with Crippen LogP contribution in [0.5, 0.6) is 0 Å². The van der Waals surface area contributed by atoms with Crippen LogP contribution in [0.1, 0.15) is 24.3 Å². The van der Waals surface area contributed by atoms with Crippen molar-refractivity contribution in [2.75, 3.05) is 19.8 Å². The van der Waals surface area contributed by atoms with Crippen LogP contribution in [-0.2, 0) is 16.5 Å². The first-order chi connectivity index (χ1) is 11.1. The van der Waals surface area contributed by atoms with Crippen LogP contribution in [0.25, 0.3) is 10.9 Å². The van der Waals surface area contributed by atoms with Crippen LogP contribution in [-0.4, -0.2) is 36.5 Å². The number of carbonyl (C=O) groups is 1. The summed E-state index contributed by atoms with van der Waals surface area (Å²) < 4.78 is 12.5. The highest BCUT2D eigenvalue weighted by Crippen LogP contribution is 2.11. The number of ether oxygens (including phenoxy) is 2. The highest BCUT2D eigenvalue weighted by Gasteiger charge is 2.15. The molecule has 0 atom stereocenters. The minimum atomic E-state index is -0.494. The highest BCUT2D eigenvalue weighted by molar-refractivity contribution is 5.95. The van der Waals surface area contributed by atoms with E-state index in [4.69, 9.17) is 9.47 Å². The topological polar surface area (TPSA) is 69.6 Å². The third-order valence-electron chi connectivity index (χ3n) is 3.53. The Labute approximate surface area is 135 Å².